The summed E-state index contributed by atoms with van der Waals surface area (Å²) in [5.74, 6) is -0.110. The summed E-state index contributed by atoms with van der Waals surface area (Å²) in [6.45, 7) is -0.689. The molecule has 2 aromatic carbocycles. The highest BCUT2D eigenvalue weighted by Gasteiger charge is 2.26. The Morgan fingerprint density at radius 2 is 1.81 bits per heavy atom. The number of benzene rings is 2. The van der Waals surface area contributed by atoms with Crippen LogP contribution in [-0.4, -0.2) is 25.1 Å². The van der Waals surface area contributed by atoms with Crippen LogP contribution in [0.4, 0.5) is 8.78 Å². The van der Waals surface area contributed by atoms with Crippen molar-refractivity contribution in [1.82, 2.24) is 0 Å². The van der Waals surface area contributed by atoms with Crippen molar-refractivity contribution in [3.8, 4) is 11.5 Å². The lowest BCUT2D eigenvalue weighted by Crippen LogP contribution is -2.08. The average molecular weight is 359 g/mol. The van der Waals surface area contributed by atoms with E-state index in [1.165, 1.54) is 12.1 Å². The first-order chi connectivity index (χ1) is 12.6. The molecule has 0 spiro atoms. The Bertz CT molecular complexity index is 877. The first kappa shape index (κ1) is 17.6. The molecule has 0 saturated carbocycles. The van der Waals surface area contributed by atoms with Crippen molar-refractivity contribution in [2.24, 2.45) is 4.99 Å². The van der Waals surface area contributed by atoms with Crippen LogP contribution in [0, 0.1) is 0 Å². The molecule has 7 heteroatoms. The Balaban J connectivity index is 1.96. The summed E-state index contributed by atoms with van der Waals surface area (Å²) in [5, 5.41) is 0. The lowest BCUT2D eigenvalue weighted by molar-refractivity contribution is -0.129. The van der Waals surface area contributed by atoms with Crippen LogP contribution in [0.3, 0.4) is 0 Å². The maximum atomic E-state index is 12.5. The van der Waals surface area contributed by atoms with E-state index >= 15 is 0 Å². The van der Waals surface area contributed by atoms with Gasteiger partial charge in [-0.1, -0.05) is 30.3 Å². The summed E-state index contributed by atoms with van der Waals surface area (Å²) < 4.78 is 40.2. The van der Waals surface area contributed by atoms with Gasteiger partial charge in [0.1, 0.15) is 11.5 Å². The summed E-state index contributed by atoms with van der Waals surface area (Å²) in [5.41, 5.74) is 0.808. The summed E-state index contributed by atoms with van der Waals surface area (Å²) in [6, 6.07) is 13.1. The molecule has 0 amide bonds. The number of para-hydroxylation sites is 2. The minimum absolute atomic E-state index is 0.0170. The number of hydrogen-bond acceptors (Lipinski definition) is 5. The number of esters is 1. The molecule has 0 unspecified atom stereocenters. The van der Waals surface area contributed by atoms with E-state index < -0.39 is 12.6 Å². The fraction of sp³-hybridized carbons (Fsp3) is 0.158. The zero-order chi connectivity index (χ0) is 18.5. The van der Waals surface area contributed by atoms with Crippen LogP contribution in [0.1, 0.15) is 18.1 Å². The lowest BCUT2D eigenvalue weighted by atomic mass is 10.1. The van der Waals surface area contributed by atoms with Gasteiger partial charge in [-0.2, -0.15) is 8.78 Å². The Hall–Kier alpha value is -3.22. The van der Waals surface area contributed by atoms with Crippen molar-refractivity contribution >= 4 is 17.9 Å². The number of ether oxygens (including phenoxy) is 3. The van der Waals surface area contributed by atoms with E-state index in [-0.39, 0.29) is 17.3 Å². The maximum absolute atomic E-state index is 12.5. The molecule has 0 saturated heterocycles. The second-order valence-corrected chi connectivity index (χ2v) is 5.18. The van der Waals surface area contributed by atoms with E-state index in [0.717, 1.165) is 0 Å². The van der Waals surface area contributed by atoms with E-state index in [9.17, 15) is 13.6 Å². The van der Waals surface area contributed by atoms with E-state index in [1.807, 2.05) is 6.92 Å². The van der Waals surface area contributed by atoms with Crippen LogP contribution < -0.4 is 9.47 Å². The highest BCUT2D eigenvalue weighted by Crippen LogP contribution is 2.28. The predicted molar refractivity (Wildman–Crippen MR) is 91.3 cm³/mol. The Kier molecular flexibility index (Phi) is 5.26. The number of rotatable bonds is 6. The van der Waals surface area contributed by atoms with Gasteiger partial charge < -0.3 is 14.2 Å². The molecule has 0 aromatic heterocycles. The number of nitrogens with zero attached hydrogens (tertiary/aromatic N) is 1. The molecule has 0 aliphatic carbocycles. The summed E-state index contributed by atoms with van der Waals surface area (Å²) >= 11 is 0. The van der Waals surface area contributed by atoms with E-state index in [0.29, 0.717) is 23.5 Å². The predicted octanol–water partition coefficient (Wildman–Crippen LogP) is 4.03. The quantitative estimate of drug-likeness (QED) is 0.577. The normalized spacial score (nSPS) is 15.2. The third-order valence-corrected chi connectivity index (χ3v) is 3.47. The summed E-state index contributed by atoms with van der Waals surface area (Å²) in [4.78, 5) is 16.3. The highest BCUT2D eigenvalue weighted by molar-refractivity contribution is 6.13. The average Bonchev–Trinajstić information content (AvgIpc) is 2.97. The lowest BCUT2D eigenvalue weighted by Gasteiger charge is -2.08. The number of carbonyl (C=O) groups excluding carboxylic acids is 1. The second kappa shape index (κ2) is 7.77. The molecule has 5 nitrogen and oxygen atoms in total. The molecule has 0 fully saturated rings. The van der Waals surface area contributed by atoms with Crippen molar-refractivity contribution in [3.05, 3.63) is 65.4 Å². The van der Waals surface area contributed by atoms with Crippen LogP contribution in [0.2, 0.25) is 0 Å². The van der Waals surface area contributed by atoms with Gasteiger partial charge in [0, 0.05) is 5.56 Å². The molecule has 0 atom stereocenters. The molecule has 26 heavy (non-hydrogen) atoms. The molecular formula is C19H15F2NO4. The minimum Gasteiger partial charge on any atom is -0.493 e. The zero-order valence-electron chi connectivity index (χ0n) is 13.8. The van der Waals surface area contributed by atoms with Crippen LogP contribution in [0.15, 0.2) is 59.2 Å². The Labute approximate surface area is 148 Å². The largest absolute Gasteiger partial charge is 0.493 e. The molecule has 0 radical (unpaired) electrons. The number of alkyl halides is 2. The van der Waals surface area contributed by atoms with Crippen molar-refractivity contribution in [3.63, 3.8) is 0 Å². The highest BCUT2D eigenvalue weighted by atomic mass is 19.3. The van der Waals surface area contributed by atoms with Crippen molar-refractivity contribution in [2.45, 2.75) is 13.5 Å². The van der Waals surface area contributed by atoms with E-state index in [2.05, 4.69) is 9.73 Å². The van der Waals surface area contributed by atoms with Crippen molar-refractivity contribution < 1.29 is 27.8 Å². The third-order valence-electron chi connectivity index (χ3n) is 3.47. The van der Waals surface area contributed by atoms with Crippen LogP contribution >= 0.6 is 0 Å². The molecule has 0 N–H and O–H groups in total. The summed E-state index contributed by atoms with van der Waals surface area (Å²) in [7, 11) is 0. The molecule has 134 valence electrons. The standard InChI is InChI=1S/C19H15F2NO4/c1-2-24-16-10-6-4-8-13(16)17-22-14(18(23)26-17)11-12-7-3-5-9-15(12)25-19(20)21/h3-11,19H,2H2,1H3/b14-11-. The Morgan fingerprint density at radius 1 is 1.12 bits per heavy atom. The topological polar surface area (TPSA) is 57.1 Å². The van der Waals surface area contributed by atoms with E-state index in [4.69, 9.17) is 9.47 Å². The fourth-order valence-electron chi connectivity index (χ4n) is 2.40. The van der Waals surface area contributed by atoms with Gasteiger partial charge in [0.15, 0.2) is 5.70 Å². The smallest absolute Gasteiger partial charge is 0.387 e. The van der Waals surface area contributed by atoms with Gasteiger partial charge in [-0.3, -0.25) is 0 Å². The van der Waals surface area contributed by atoms with Crippen molar-refractivity contribution in [2.75, 3.05) is 6.61 Å². The van der Waals surface area contributed by atoms with Gasteiger partial charge in [-0.15, -0.1) is 0 Å². The third kappa shape index (κ3) is 3.88. The van der Waals surface area contributed by atoms with E-state index in [1.54, 1.807) is 42.5 Å². The van der Waals surface area contributed by atoms with Gasteiger partial charge in [0.2, 0.25) is 5.90 Å². The van der Waals surface area contributed by atoms with Gasteiger partial charge in [-0.05, 0) is 31.2 Å². The molecule has 3 rings (SSSR count). The first-order valence-corrected chi connectivity index (χ1v) is 7.87. The molecule has 1 aliphatic rings. The van der Waals surface area contributed by atoms with Crippen molar-refractivity contribution in [1.29, 1.82) is 0 Å². The fourth-order valence-corrected chi connectivity index (χ4v) is 2.40. The van der Waals surface area contributed by atoms with Gasteiger partial charge in [-0.25, -0.2) is 9.79 Å². The monoisotopic (exact) mass is 359 g/mol. The Morgan fingerprint density at radius 3 is 2.54 bits per heavy atom. The molecule has 0 bridgehead atoms. The van der Waals surface area contributed by atoms with Crippen LogP contribution in [-0.2, 0) is 9.53 Å². The van der Waals surface area contributed by atoms with Gasteiger partial charge in [0.05, 0.1) is 12.2 Å². The molecule has 1 aliphatic heterocycles. The number of halogens is 2. The minimum atomic E-state index is -2.97. The molecule has 2 aromatic rings. The zero-order valence-corrected chi connectivity index (χ0v) is 13.8. The molecule has 1 heterocycles. The second-order valence-electron chi connectivity index (χ2n) is 5.18. The molecular weight excluding hydrogens is 344 g/mol. The number of hydrogen-bond donors (Lipinski definition) is 0. The SMILES string of the molecule is CCOc1ccccc1C1=N/C(=C\c2ccccc2OC(F)F)C(=O)O1. The van der Waals surface area contributed by atoms with Crippen LogP contribution in [0.5, 0.6) is 11.5 Å². The first-order valence-electron chi connectivity index (χ1n) is 7.87. The summed E-state index contributed by atoms with van der Waals surface area (Å²) in [6.07, 6.45) is 1.34. The number of aliphatic imine (C=N–C) groups is 1. The van der Waals surface area contributed by atoms with Gasteiger partial charge >= 0.3 is 12.6 Å². The maximum Gasteiger partial charge on any atom is 0.387 e. The van der Waals surface area contributed by atoms with Crippen LogP contribution in [0.25, 0.3) is 6.08 Å². The number of cyclic esters (lactones) is 1. The number of carbonyl (C=O) groups is 1. The van der Waals surface area contributed by atoms with Gasteiger partial charge in [0.25, 0.3) is 0 Å².